The molecular formula is C21H32O4. The Labute approximate surface area is 151 Å². The molecule has 1 atom stereocenters. The van der Waals surface area contributed by atoms with Gasteiger partial charge in [-0.3, -0.25) is 0 Å². The van der Waals surface area contributed by atoms with Crippen LogP contribution in [-0.2, 0) is 9.47 Å². The van der Waals surface area contributed by atoms with Crippen molar-refractivity contribution in [1.82, 2.24) is 0 Å². The molecule has 1 unspecified atom stereocenters. The highest BCUT2D eigenvalue weighted by atomic mass is 16.5. The van der Waals surface area contributed by atoms with Gasteiger partial charge in [-0.25, -0.2) is 9.59 Å². The molecule has 1 aromatic carbocycles. The van der Waals surface area contributed by atoms with Crippen molar-refractivity contribution in [2.24, 2.45) is 0 Å². The summed E-state index contributed by atoms with van der Waals surface area (Å²) in [6.45, 7) is 6.58. The zero-order valence-corrected chi connectivity index (χ0v) is 15.9. The van der Waals surface area contributed by atoms with E-state index in [0.29, 0.717) is 17.7 Å². The zero-order valence-electron chi connectivity index (χ0n) is 15.9. The molecule has 25 heavy (non-hydrogen) atoms. The third-order valence-electron chi connectivity index (χ3n) is 4.09. The summed E-state index contributed by atoms with van der Waals surface area (Å²) in [5, 5.41) is 0. The average molecular weight is 348 g/mol. The minimum absolute atomic E-state index is 0.0977. The predicted octanol–water partition coefficient (Wildman–Crippen LogP) is 5.55. The lowest BCUT2D eigenvalue weighted by Crippen LogP contribution is -2.15. The van der Waals surface area contributed by atoms with Crippen LogP contribution in [0.2, 0.25) is 0 Å². The number of carbonyl (C=O) groups is 2. The lowest BCUT2D eigenvalue weighted by molar-refractivity contribution is 0.0322. The Hall–Kier alpha value is -1.84. The van der Waals surface area contributed by atoms with Gasteiger partial charge in [0.1, 0.15) is 0 Å². The molecule has 4 heteroatoms. The van der Waals surface area contributed by atoms with E-state index in [4.69, 9.17) is 9.47 Å². The van der Waals surface area contributed by atoms with Crippen LogP contribution in [0.3, 0.4) is 0 Å². The van der Waals surface area contributed by atoms with E-state index < -0.39 is 0 Å². The summed E-state index contributed by atoms with van der Waals surface area (Å²) in [4.78, 5) is 24.0. The quantitative estimate of drug-likeness (QED) is 0.367. The number of ether oxygens (including phenoxy) is 2. The van der Waals surface area contributed by atoms with Crippen LogP contribution >= 0.6 is 0 Å². The van der Waals surface area contributed by atoms with Gasteiger partial charge in [-0.1, -0.05) is 52.4 Å². The molecular weight excluding hydrogens is 316 g/mol. The summed E-state index contributed by atoms with van der Waals surface area (Å²) in [5.74, 6) is -0.694. The first-order valence-corrected chi connectivity index (χ1v) is 9.56. The molecule has 0 bridgehead atoms. The minimum atomic E-state index is -0.354. The van der Waals surface area contributed by atoms with Gasteiger partial charge in [-0.2, -0.15) is 0 Å². The maximum Gasteiger partial charge on any atom is 0.338 e. The highest BCUT2D eigenvalue weighted by Crippen LogP contribution is 2.11. The Morgan fingerprint density at radius 3 is 2.00 bits per heavy atom. The highest BCUT2D eigenvalue weighted by molar-refractivity contribution is 5.93. The van der Waals surface area contributed by atoms with Crippen molar-refractivity contribution in [3.63, 3.8) is 0 Å². The number of hydrogen-bond acceptors (Lipinski definition) is 4. The summed E-state index contributed by atoms with van der Waals surface area (Å²) >= 11 is 0. The van der Waals surface area contributed by atoms with Crippen LogP contribution in [0.4, 0.5) is 0 Å². The molecule has 0 spiro atoms. The number of esters is 2. The third-order valence-corrected chi connectivity index (χ3v) is 4.09. The first-order chi connectivity index (χ1) is 12.1. The largest absolute Gasteiger partial charge is 0.462 e. The standard InChI is InChI=1S/C21H32O4/c1-4-6-7-8-9-10-16-24-20(22)18-12-14-19(15-13-18)21(23)25-17(3)11-5-2/h12-15,17H,4-11,16H2,1-3H3. The summed E-state index contributed by atoms with van der Waals surface area (Å²) in [5.41, 5.74) is 0.916. The van der Waals surface area contributed by atoms with Crippen LogP contribution in [0.1, 0.15) is 92.9 Å². The topological polar surface area (TPSA) is 52.6 Å². The van der Waals surface area contributed by atoms with E-state index in [1.165, 1.54) is 25.7 Å². The van der Waals surface area contributed by atoms with Crippen LogP contribution < -0.4 is 0 Å². The van der Waals surface area contributed by atoms with Gasteiger partial charge in [0.25, 0.3) is 0 Å². The van der Waals surface area contributed by atoms with Crippen LogP contribution in [0.15, 0.2) is 24.3 Å². The van der Waals surface area contributed by atoms with E-state index >= 15 is 0 Å². The fourth-order valence-electron chi connectivity index (χ4n) is 2.59. The molecule has 0 fully saturated rings. The monoisotopic (exact) mass is 348 g/mol. The molecule has 0 aromatic heterocycles. The first kappa shape index (κ1) is 21.2. The number of rotatable bonds is 12. The lowest BCUT2D eigenvalue weighted by atomic mass is 10.1. The molecule has 1 aromatic rings. The summed E-state index contributed by atoms with van der Waals surface area (Å²) in [7, 11) is 0. The molecule has 0 N–H and O–H groups in total. The van der Waals surface area contributed by atoms with Gasteiger partial charge in [-0.15, -0.1) is 0 Å². The van der Waals surface area contributed by atoms with Crippen molar-refractivity contribution < 1.29 is 19.1 Å². The van der Waals surface area contributed by atoms with Crippen LogP contribution in [0.25, 0.3) is 0 Å². The van der Waals surface area contributed by atoms with Crippen molar-refractivity contribution in [2.45, 2.75) is 78.2 Å². The normalized spacial score (nSPS) is 11.8. The van der Waals surface area contributed by atoms with E-state index in [1.807, 2.05) is 6.92 Å². The second kappa shape index (κ2) is 12.5. The Bertz CT molecular complexity index is 507. The predicted molar refractivity (Wildman–Crippen MR) is 99.9 cm³/mol. The summed E-state index contributed by atoms with van der Waals surface area (Å²) < 4.78 is 10.6. The Balaban J connectivity index is 2.34. The molecule has 0 aliphatic heterocycles. The fourth-order valence-corrected chi connectivity index (χ4v) is 2.59. The molecule has 0 amide bonds. The Morgan fingerprint density at radius 1 is 0.840 bits per heavy atom. The fraction of sp³-hybridized carbons (Fsp3) is 0.619. The van der Waals surface area contributed by atoms with E-state index in [2.05, 4.69) is 13.8 Å². The molecule has 0 aliphatic carbocycles. The number of hydrogen-bond donors (Lipinski definition) is 0. The SMILES string of the molecule is CCCCCCCCOC(=O)c1ccc(C(=O)OC(C)CCC)cc1. The molecule has 0 saturated carbocycles. The summed E-state index contributed by atoms with van der Waals surface area (Å²) in [6.07, 6.45) is 8.65. The second-order valence-electron chi connectivity index (χ2n) is 6.49. The molecule has 0 saturated heterocycles. The van der Waals surface area contributed by atoms with Gasteiger partial charge in [0.05, 0.1) is 23.8 Å². The minimum Gasteiger partial charge on any atom is -0.462 e. The Morgan fingerprint density at radius 2 is 1.40 bits per heavy atom. The molecule has 140 valence electrons. The first-order valence-electron chi connectivity index (χ1n) is 9.56. The molecule has 0 heterocycles. The van der Waals surface area contributed by atoms with Crippen molar-refractivity contribution in [1.29, 1.82) is 0 Å². The average Bonchev–Trinajstić information content (AvgIpc) is 2.61. The summed E-state index contributed by atoms with van der Waals surface area (Å²) in [6, 6.07) is 6.46. The van der Waals surface area contributed by atoms with Crippen LogP contribution in [-0.4, -0.2) is 24.6 Å². The second-order valence-corrected chi connectivity index (χ2v) is 6.49. The lowest BCUT2D eigenvalue weighted by Gasteiger charge is -2.12. The maximum absolute atomic E-state index is 12.0. The van der Waals surface area contributed by atoms with E-state index in [0.717, 1.165) is 25.7 Å². The van der Waals surface area contributed by atoms with Crippen molar-refractivity contribution in [3.05, 3.63) is 35.4 Å². The van der Waals surface area contributed by atoms with Crippen LogP contribution in [0, 0.1) is 0 Å². The number of unbranched alkanes of at least 4 members (excludes halogenated alkanes) is 5. The van der Waals surface area contributed by atoms with E-state index in [9.17, 15) is 9.59 Å². The molecule has 0 radical (unpaired) electrons. The van der Waals surface area contributed by atoms with Gasteiger partial charge in [-0.05, 0) is 44.0 Å². The van der Waals surface area contributed by atoms with Crippen molar-refractivity contribution in [3.8, 4) is 0 Å². The van der Waals surface area contributed by atoms with Gasteiger partial charge in [0.2, 0.25) is 0 Å². The van der Waals surface area contributed by atoms with E-state index in [-0.39, 0.29) is 18.0 Å². The smallest absolute Gasteiger partial charge is 0.338 e. The number of benzene rings is 1. The number of carbonyl (C=O) groups excluding carboxylic acids is 2. The van der Waals surface area contributed by atoms with Crippen molar-refractivity contribution >= 4 is 11.9 Å². The molecule has 4 nitrogen and oxygen atoms in total. The molecule has 0 aliphatic rings. The zero-order chi connectivity index (χ0) is 18.5. The maximum atomic E-state index is 12.0. The van der Waals surface area contributed by atoms with Gasteiger partial charge in [0.15, 0.2) is 0 Å². The highest BCUT2D eigenvalue weighted by Gasteiger charge is 2.13. The van der Waals surface area contributed by atoms with Gasteiger partial charge >= 0.3 is 11.9 Å². The Kier molecular flexibility index (Phi) is 10.6. The van der Waals surface area contributed by atoms with Gasteiger partial charge < -0.3 is 9.47 Å². The molecule has 1 rings (SSSR count). The van der Waals surface area contributed by atoms with Crippen molar-refractivity contribution in [2.75, 3.05) is 6.61 Å². The van der Waals surface area contributed by atoms with E-state index in [1.54, 1.807) is 24.3 Å². The van der Waals surface area contributed by atoms with Crippen LogP contribution in [0.5, 0.6) is 0 Å². The van der Waals surface area contributed by atoms with Gasteiger partial charge in [0, 0.05) is 0 Å². The third kappa shape index (κ3) is 8.71.